The predicted molar refractivity (Wildman–Crippen MR) is 82.4 cm³/mol. The second-order valence-electron chi connectivity index (χ2n) is 5.64. The van der Waals surface area contributed by atoms with Crippen LogP contribution in [0.5, 0.6) is 5.75 Å². The third-order valence-corrected chi connectivity index (χ3v) is 3.87. The number of methoxy groups -OCH3 is 1. The summed E-state index contributed by atoms with van der Waals surface area (Å²) in [5, 5.41) is 0. The summed E-state index contributed by atoms with van der Waals surface area (Å²) in [5.41, 5.74) is 5.94. The van der Waals surface area contributed by atoms with Gasteiger partial charge in [0.25, 0.3) is 0 Å². The lowest BCUT2D eigenvalue weighted by molar-refractivity contribution is -0.133. The molecule has 6 heteroatoms. The molecule has 1 fully saturated rings. The van der Waals surface area contributed by atoms with Gasteiger partial charge < -0.3 is 20.3 Å². The largest absolute Gasteiger partial charge is 0.497 e. The Morgan fingerprint density at radius 1 is 1.33 bits per heavy atom. The van der Waals surface area contributed by atoms with Crippen molar-refractivity contribution in [3.8, 4) is 5.75 Å². The van der Waals surface area contributed by atoms with Crippen LogP contribution < -0.4 is 15.4 Å². The highest BCUT2D eigenvalue weighted by Crippen LogP contribution is 2.19. The first-order chi connectivity index (χ1) is 10.0. The molecule has 0 saturated carbocycles. The average Bonchev–Trinajstić information content (AvgIpc) is 2.53. The van der Waals surface area contributed by atoms with Gasteiger partial charge >= 0.3 is 0 Å². The van der Waals surface area contributed by atoms with Crippen LogP contribution in [0.4, 0.5) is 5.82 Å². The van der Waals surface area contributed by atoms with Crippen molar-refractivity contribution in [1.82, 2.24) is 9.88 Å². The third-order valence-electron chi connectivity index (χ3n) is 3.87. The van der Waals surface area contributed by atoms with Crippen LogP contribution in [0.2, 0.25) is 0 Å². The molecule has 2 rings (SSSR count). The van der Waals surface area contributed by atoms with E-state index in [4.69, 9.17) is 10.5 Å². The fourth-order valence-corrected chi connectivity index (χ4v) is 2.35. The lowest BCUT2D eigenvalue weighted by Crippen LogP contribution is -2.54. The zero-order valence-corrected chi connectivity index (χ0v) is 13.0. The van der Waals surface area contributed by atoms with E-state index in [0.29, 0.717) is 13.1 Å². The Labute approximate surface area is 125 Å². The van der Waals surface area contributed by atoms with E-state index >= 15 is 0 Å². The molecule has 1 amide bonds. The summed E-state index contributed by atoms with van der Waals surface area (Å²) in [6.07, 6.45) is 1.74. The van der Waals surface area contributed by atoms with Crippen molar-refractivity contribution < 1.29 is 9.53 Å². The van der Waals surface area contributed by atoms with Crippen molar-refractivity contribution >= 4 is 11.7 Å². The first-order valence-electron chi connectivity index (χ1n) is 7.32. The monoisotopic (exact) mass is 292 g/mol. The van der Waals surface area contributed by atoms with Crippen molar-refractivity contribution in [2.75, 3.05) is 38.2 Å². The number of ether oxygens (including phenoxy) is 1. The molecule has 1 aliphatic rings. The van der Waals surface area contributed by atoms with Crippen LogP contribution in [0.15, 0.2) is 18.3 Å². The molecule has 116 valence electrons. The molecule has 1 aromatic heterocycles. The van der Waals surface area contributed by atoms with E-state index in [1.54, 1.807) is 13.3 Å². The van der Waals surface area contributed by atoms with Crippen LogP contribution in [0.1, 0.15) is 13.8 Å². The van der Waals surface area contributed by atoms with E-state index in [1.165, 1.54) is 0 Å². The highest BCUT2D eigenvalue weighted by molar-refractivity contribution is 5.82. The summed E-state index contributed by atoms with van der Waals surface area (Å²) in [5.74, 6) is 1.88. The number of piperazine rings is 1. The summed E-state index contributed by atoms with van der Waals surface area (Å²) < 4.78 is 5.22. The quantitative estimate of drug-likeness (QED) is 0.885. The first-order valence-corrected chi connectivity index (χ1v) is 7.32. The summed E-state index contributed by atoms with van der Waals surface area (Å²) in [6.45, 7) is 6.82. The number of anilines is 1. The molecular weight excluding hydrogens is 268 g/mol. The predicted octanol–water partition coefficient (Wildman–Crippen LogP) is 0.722. The van der Waals surface area contributed by atoms with E-state index in [2.05, 4.69) is 9.88 Å². The fourth-order valence-electron chi connectivity index (χ4n) is 2.35. The first kappa shape index (κ1) is 15.6. The maximum atomic E-state index is 12.2. The Morgan fingerprint density at radius 3 is 2.57 bits per heavy atom. The van der Waals surface area contributed by atoms with Crippen LogP contribution in [-0.2, 0) is 4.79 Å². The van der Waals surface area contributed by atoms with Gasteiger partial charge in [-0.3, -0.25) is 4.79 Å². The van der Waals surface area contributed by atoms with Gasteiger partial charge in [0.15, 0.2) is 0 Å². The summed E-state index contributed by atoms with van der Waals surface area (Å²) in [7, 11) is 1.64. The number of amides is 1. The number of hydrogen-bond donors (Lipinski definition) is 1. The minimum atomic E-state index is -0.411. The van der Waals surface area contributed by atoms with Crippen molar-refractivity contribution in [2.45, 2.75) is 19.9 Å². The molecule has 1 atom stereocenters. The van der Waals surface area contributed by atoms with Crippen LogP contribution in [0.25, 0.3) is 0 Å². The molecule has 0 unspecified atom stereocenters. The number of pyridine rings is 1. The highest BCUT2D eigenvalue weighted by atomic mass is 16.5. The molecule has 6 nitrogen and oxygen atoms in total. The van der Waals surface area contributed by atoms with Gasteiger partial charge in [0, 0.05) is 38.4 Å². The average molecular weight is 292 g/mol. The molecule has 2 heterocycles. The molecule has 0 aromatic carbocycles. The second-order valence-corrected chi connectivity index (χ2v) is 5.64. The molecule has 0 radical (unpaired) electrons. The molecule has 1 saturated heterocycles. The Balaban J connectivity index is 1.95. The van der Waals surface area contributed by atoms with Crippen molar-refractivity contribution in [3.63, 3.8) is 0 Å². The van der Waals surface area contributed by atoms with E-state index in [-0.39, 0.29) is 11.8 Å². The van der Waals surface area contributed by atoms with E-state index in [1.807, 2.05) is 30.9 Å². The molecule has 1 aliphatic heterocycles. The van der Waals surface area contributed by atoms with Crippen LogP contribution in [0.3, 0.4) is 0 Å². The van der Waals surface area contributed by atoms with Crippen LogP contribution >= 0.6 is 0 Å². The van der Waals surface area contributed by atoms with Gasteiger partial charge in [-0.1, -0.05) is 13.8 Å². The highest BCUT2D eigenvalue weighted by Gasteiger charge is 2.27. The zero-order chi connectivity index (χ0) is 15.4. The maximum absolute atomic E-state index is 12.2. The Morgan fingerprint density at radius 2 is 2.00 bits per heavy atom. The van der Waals surface area contributed by atoms with Gasteiger partial charge in [-0.25, -0.2) is 4.98 Å². The number of carbonyl (C=O) groups excluding carboxylic acids is 1. The fraction of sp³-hybridized carbons (Fsp3) is 0.600. The topological polar surface area (TPSA) is 71.7 Å². The lowest BCUT2D eigenvalue weighted by Gasteiger charge is -2.37. The molecule has 21 heavy (non-hydrogen) atoms. The van der Waals surface area contributed by atoms with Gasteiger partial charge in [-0.2, -0.15) is 0 Å². The molecule has 0 spiro atoms. The normalized spacial score (nSPS) is 17.0. The van der Waals surface area contributed by atoms with Gasteiger partial charge in [0.05, 0.1) is 13.2 Å². The van der Waals surface area contributed by atoms with E-state index in [0.717, 1.165) is 24.7 Å². The summed E-state index contributed by atoms with van der Waals surface area (Å²) in [6, 6.07) is 3.33. The Bertz CT molecular complexity index is 484. The smallest absolute Gasteiger partial charge is 0.239 e. The Hall–Kier alpha value is -1.82. The Kier molecular flexibility index (Phi) is 5.01. The number of carbonyl (C=O) groups is 1. The zero-order valence-electron chi connectivity index (χ0n) is 13.0. The summed E-state index contributed by atoms with van der Waals surface area (Å²) >= 11 is 0. The van der Waals surface area contributed by atoms with Crippen molar-refractivity contribution in [2.24, 2.45) is 11.7 Å². The SMILES string of the molecule is COc1ccnc(N2CCN(C(=O)[C@@H](N)C(C)C)CC2)c1. The van der Waals surface area contributed by atoms with Gasteiger partial charge in [0.2, 0.25) is 5.91 Å². The molecular formula is C15H24N4O2. The minimum Gasteiger partial charge on any atom is -0.497 e. The molecule has 1 aromatic rings. The minimum absolute atomic E-state index is 0.0447. The van der Waals surface area contributed by atoms with Gasteiger partial charge in [0.1, 0.15) is 11.6 Å². The van der Waals surface area contributed by atoms with Crippen molar-refractivity contribution in [3.05, 3.63) is 18.3 Å². The standard InChI is InChI=1S/C15H24N4O2/c1-11(2)14(16)15(20)19-8-6-18(7-9-19)13-10-12(21-3)4-5-17-13/h4-5,10-11,14H,6-9,16H2,1-3H3/t14-/m0/s1. The van der Waals surface area contributed by atoms with E-state index < -0.39 is 6.04 Å². The molecule has 0 aliphatic carbocycles. The number of nitrogens with zero attached hydrogens (tertiary/aromatic N) is 3. The van der Waals surface area contributed by atoms with E-state index in [9.17, 15) is 4.79 Å². The number of hydrogen-bond acceptors (Lipinski definition) is 5. The third kappa shape index (κ3) is 3.64. The van der Waals surface area contributed by atoms with Gasteiger partial charge in [-0.05, 0) is 12.0 Å². The maximum Gasteiger partial charge on any atom is 0.239 e. The second kappa shape index (κ2) is 6.76. The molecule has 0 bridgehead atoms. The lowest BCUT2D eigenvalue weighted by atomic mass is 10.0. The van der Waals surface area contributed by atoms with Crippen LogP contribution in [0, 0.1) is 5.92 Å². The van der Waals surface area contributed by atoms with Crippen molar-refractivity contribution in [1.29, 1.82) is 0 Å². The number of rotatable bonds is 4. The van der Waals surface area contributed by atoms with Gasteiger partial charge in [-0.15, -0.1) is 0 Å². The molecule has 2 N–H and O–H groups in total. The van der Waals surface area contributed by atoms with Crippen LogP contribution in [-0.4, -0.2) is 55.1 Å². The summed E-state index contributed by atoms with van der Waals surface area (Å²) in [4.78, 5) is 20.6. The number of nitrogens with two attached hydrogens (primary N) is 1. The number of aromatic nitrogens is 1.